The number of nitrogens with one attached hydrogen (secondary N) is 2. The summed E-state index contributed by atoms with van der Waals surface area (Å²) in [5.41, 5.74) is 0.138. The van der Waals surface area contributed by atoms with E-state index in [9.17, 15) is 13.2 Å². The van der Waals surface area contributed by atoms with Crippen LogP contribution in [-0.2, 0) is 15.0 Å². The second-order valence-corrected chi connectivity index (χ2v) is 5.77. The molecule has 0 heterocycles. The van der Waals surface area contributed by atoms with E-state index in [4.69, 9.17) is 15.1 Å². The molecular formula is C13H18N4O4S. The Morgan fingerprint density at radius 1 is 1.41 bits per heavy atom. The number of nitrogens with zero attached hydrogens (tertiary/aromatic N) is 1. The molecular weight excluding hydrogens is 308 g/mol. The minimum Gasteiger partial charge on any atom is -0.492 e. The second-order valence-electron chi connectivity index (χ2n) is 4.48. The first-order valence-electron chi connectivity index (χ1n) is 6.54. The highest BCUT2D eigenvalue weighted by Crippen LogP contribution is 2.26. The number of benzene rings is 1. The maximum atomic E-state index is 11.0. The number of anilines is 1. The van der Waals surface area contributed by atoms with Crippen LogP contribution in [0.5, 0.6) is 5.75 Å². The van der Waals surface area contributed by atoms with Crippen molar-refractivity contribution in [2.75, 3.05) is 17.9 Å². The molecule has 1 amide bonds. The van der Waals surface area contributed by atoms with E-state index < -0.39 is 10.2 Å². The molecule has 1 rings (SSSR count). The lowest BCUT2D eigenvalue weighted by Crippen LogP contribution is -2.22. The second kappa shape index (κ2) is 8.21. The zero-order chi connectivity index (χ0) is 16.6. The first-order chi connectivity index (χ1) is 10.3. The van der Waals surface area contributed by atoms with Gasteiger partial charge in [0.05, 0.1) is 12.3 Å². The van der Waals surface area contributed by atoms with Crippen LogP contribution in [0.2, 0.25) is 0 Å². The molecule has 22 heavy (non-hydrogen) atoms. The van der Waals surface area contributed by atoms with E-state index in [-0.39, 0.29) is 22.9 Å². The lowest BCUT2D eigenvalue weighted by Gasteiger charge is -2.11. The van der Waals surface area contributed by atoms with E-state index in [0.29, 0.717) is 19.6 Å². The van der Waals surface area contributed by atoms with E-state index in [1.54, 1.807) is 12.1 Å². The molecule has 120 valence electrons. The van der Waals surface area contributed by atoms with Gasteiger partial charge in [0.15, 0.2) is 0 Å². The summed E-state index contributed by atoms with van der Waals surface area (Å²) in [4.78, 5) is 10.7. The summed E-state index contributed by atoms with van der Waals surface area (Å²) in [6, 6.07) is 6.44. The third-order valence-corrected chi connectivity index (χ3v) is 3.10. The monoisotopic (exact) mass is 326 g/mol. The number of ether oxygens (including phenoxy) is 1. The van der Waals surface area contributed by atoms with E-state index in [1.165, 1.54) is 13.0 Å². The average molecular weight is 326 g/mol. The van der Waals surface area contributed by atoms with Gasteiger partial charge in [0.1, 0.15) is 17.4 Å². The maximum Gasteiger partial charge on any atom is 0.296 e. The van der Waals surface area contributed by atoms with Gasteiger partial charge in [-0.2, -0.15) is 13.7 Å². The van der Waals surface area contributed by atoms with E-state index in [2.05, 4.69) is 10.0 Å². The summed E-state index contributed by atoms with van der Waals surface area (Å²) in [7, 11) is -3.96. The predicted octanol–water partition coefficient (Wildman–Crippen LogP) is 0.469. The number of nitrogens with two attached hydrogens (primary N) is 1. The van der Waals surface area contributed by atoms with E-state index in [0.717, 1.165) is 6.42 Å². The van der Waals surface area contributed by atoms with Gasteiger partial charge in [-0.05, 0) is 25.0 Å². The topological polar surface area (TPSA) is 134 Å². The van der Waals surface area contributed by atoms with Crippen molar-refractivity contribution < 1.29 is 17.9 Å². The Labute approximate surface area is 129 Å². The molecule has 0 radical (unpaired) electrons. The zero-order valence-corrected chi connectivity index (χ0v) is 12.9. The molecule has 0 bridgehead atoms. The van der Waals surface area contributed by atoms with Crippen LogP contribution in [0.15, 0.2) is 18.2 Å². The molecule has 0 unspecified atom stereocenters. The maximum absolute atomic E-state index is 11.0. The minimum absolute atomic E-state index is 0.0679. The summed E-state index contributed by atoms with van der Waals surface area (Å²) in [5, 5.41) is 16.7. The van der Waals surface area contributed by atoms with Crippen molar-refractivity contribution in [2.45, 2.75) is 19.8 Å². The smallest absolute Gasteiger partial charge is 0.296 e. The van der Waals surface area contributed by atoms with E-state index in [1.807, 2.05) is 6.07 Å². The highest BCUT2D eigenvalue weighted by atomic mass is 32.2. The van der Waals surface area contributed by atoms with Gasteiger partial charge in [0.2, 0.25) is 5.91 Å². The zero-order valence-electron chi connectivity index (χ0n) is 12.1. The normalized spacial score (nSPS) is 10.6. The Hall–Kier alpha value is -2.31. The standard InChI is InChI=1S/C13H18N4O4S/c1-10(18)16-7-2-3-8-21-13-6-4-5-12(11(13)9-14)17-22(15,19)20/h4-6,17H,2-3,7-8H2,1H3,(H,16,18)(H2,15,19,20). The highest BCUT2D eigenvalue weighted by molar-refractivity contribution is 7.90. The lowest BCUT2D eigenvalue weighted by molar-refractivity contribution is -0.118. The number of amides is 1. The number of carbonyl (C=O) groups is 1. The molecule has 9 heteroatoms. The van der Waals surface area contributed by atoms with Crippen molar-refractivity contribution in [3.63, 3.8) is 0 Å². The Balaban J connectivity index is 2.62. The lowest BCUT2D eigenvalue weighted by atomic mass is 10.2. The summed E-state index contributed by atoms with van der Waals surface area (Å²) in [5.74, 6) is 0.185. The highest BCUT2D eigenvalue weighted by Gasteiger charge is 2.12. The van der Waals surface area contributed by atoms with Crippen molar-refractivity contribution in [3.05, 3.63) is 23.8 Å². The summed E-state index contributed by atoms with van der Waals surface area (Å²) < 4.78 is 29.6. The van der Waals surface area contributed by atoms with Crippen molar-refractivity contribution in [1.29, 1.82) is 5.26 Å². The van der Waals surface area contributed by atoms with Gasteiger partial charge in [0, 0.05) is 13.5 Å². The fourth-order valence-corrected chi connectivity index (χ4v) is 2.16. The molecule has 0 aliphatic heterocycles. The predicted molar refractivity (Wildman–Crippen MR) is 81.3 cm³/mol. The van der Waals surface area contributed by atoms with E-state index >= 15 is 0 Å². The molecule has 0 spiro atoms. The summed E-state index contributed by atoms with van der Waals surface area (Å²) >= 11 is 0. The van der Waals surface area contributed by atoms with Crippen molar-refractivity contribution in [1.82, 2.24) is 5.32 Å². The summed E-state index contributed by atoms with van der Waals surface area (Å²) in [6.07, 6.45) is 1.41. The van der Waals surface area contributed by atoms with Crippen LogP contribution in [0.3, 0.4) is 0 Å². The van der Waals surface area contributed by atoms with Gasteiger partial charge in [-0.25, -0.2) is 5.14 Å². The Bertz CT molecular complexity index is 667. The van der Waals surface area contributed by atoms with Crippen LogP contribution in [0.4, 0.5) is 5.69 Å². The van der Waals surface area contributed by atoms with Crippen LogP contribution < -0.4 is 19.9 Å². The van der Waals surface area contributed by atoms with Gasteiger partial charge in [-0.3, -0.25) is 9.52 Å². The van der Waals surface area contributed by atoms with Crippen LogP contribution >= 0.6 is 0 Å². The third-order valence-electron chi connectivity index (χ3n) is 2.59. The van der Waals surface area contributed by atoms with Crippen molar-refractivity contribution in [2.24, 2.45) is 5.14 Å². The number of rotatable bonds is 8. The van der Waals surface area contributed by atoms with Crippen molar-refractivity contribution in [3.8, 4) is 11.8 Å². The van der Waals surface area contributed by atoms with Gasteiger partial charge in [-0.1, -0.05) is 6.07 Å². The van der Waals surface area contributed by atoms with Gasteiger partial charge in [0.25, 0.3) is 10.2 Å². The largest absolute Gasteiger partial charge is 0.492 e. The molecule has 0 saturated carbocycles. The van der Waals surface area contributed by atoms with Crippen LogP contribution in [0.1, 0.15) is 25.3 Å². The SMILES string of the molecule is CC(=O)NCCCCOc1cccc(NS(N)(=O)=O)c1C#N. The molecule has 4 N–H and O–H groups in total. The average Bonchev–Trinajstić information content (AvgIpc) is 2.40. The van der Waals surface area contributed by atoms with Crippen molar-refractivity contribution >= 4 is 21.8 Å². The molecule has 0 atom stereocenters. The third kappa shape index (κ3) is 6.43. The first kappa shape index (κ1) is 17.7. The fraction of sp³-hybridized carbons (Fsp3) is 0.385. The molecule has 0 aromatic heterocycles. The summed E-state index contributed by atoms with van der Waals surface area (Å²) in [6.45, 7) is 2.34. The molecule has 1 aromatic rings. The Kier molecular flexibility index (Phi) is 6.62. The Morgan fingerprint density at radius 2 is 2.14 bits per heavy atom. The number of unbranched alkanes of at least 4 members (excludes halogenated alkanes) is 1. The molecule has 8 nitrogen and oxygen atoms in total. The molecule has 1 aromatic carbocycles. The Morgan fingerprint density at radius 3 is 2.73 bits per heavy atom. The quantitative estimate of drug-likeness (QED) is 0.597. The molecule has 0 saturated heterocycles. The number of hydrogen-bond acceptors (Lipinski definition) is 5. The van der Waals surface area contributed by atoms with Gasteiger partial charge >= 0.3 is 0 Å². The molecule has 0 aliphatic carbocycles. The number of hydrogen-bond donors (Lipinski definition) is 3. The van der Waals surface area contributed by atoms with Gasteiger partial charge < -0.3 is 10.1 Å². The minimum atomic E-state index is -3.96. The van der Waals surface area contributed by atoms with Crippen LogP contribution in [0.25, 0.3) is 0 Å². The number of nitriles is 1. The fourth-order valence-electron chi connectivity index (χ4n) is 1.68. The number of carbonyl (C=O) groups excluding carboxylic acids is 1. The van der Waals surface area contributed by atoms with Crippen LogP contribution in [-0.4, -0.2) is 27.5 Å². The molecule has 0 fully saturated rings. The molecule has 0 aliphatic rings. The van der Waals surface area contributed by atoms with Crippen LogP contribution in [0, 0.1) is 11.3 Å². The first-order valence-corrected chi connectivity index (χ1v) is 8.09. The van der Waals surface area contributed by atoms with Gasteiger partial charge in [-0.15, -0.1) is 0 Å².